The van der Waals surface area contributed by atoms with Crippen molar-refractivity contribution in [1.82, 2.24) is 19.7 Å². The highest BCUT2D eigenvalue weighted by Gasteiger charge is 2.54. The largest absolute Gasteiger partial charge is 0.302 e. The minimum atomic E-state index is -0.0225. The molecule has 2 aromatic heterocycles. The van der Waals surface area contributed by atoms with Crippen molar-refractivity contribution in [2.75, 3.05) is 5.75 Å². The molecule has 6 heteroatoms. The first-order chi connectivity index (χ1) is 13.7. The van der Waals surface area contributed by atoms with E-state index in [1.54, 1.807) is 24.2 Å². The molecule has 148 valence electrons. The zero-order valence-electron chi connectivity index (χ0n) is 16.5. The number of nitrogens with zero attached hydrogens (tertiary/aromatic N) is 4. The Hall–Kier alpha value is -1.69. The molecular formula is C22H28N4OS. The van der Waals surface area contributed by atoms with E-state index in [2.05, 4.69) is 26.7 Å². The van der Waals surface area contributed by atoms with Crippen molar-refractivity contribution >= 4 is 17.5 Å². The summed E-state index contributed by atoms with van der Waals surface area (Å²) in [5, 5.41) is 9.73. The number of hydrogen-bond acceptors (Lipinski definition) is 5. The highest BCUT2D eigenvalue weighted by atomic mass is 32.2. The summed E-state index contributed by atoms with van der Waals surface area (Å²) in [5.74, 6) is 4.29. The van der Waals surface area contributed by atoms with Crippen LogP contribution in [0, 0.1) is 23.2 Å². The van der Waals surface area contributed by atoms with Gasteiger partial charge in [-0.3, -0.25) is 9.78 Å². The Balaban J connectivity index is 1.33. The van der Waals surface area contributed by atoms with Crippen LogP contribution in [0.1, 0.15) is 51.9 Å². The Bertz CT molecular complexity index is 827. The lowest BCUT2D eigenvalue weighted by molar-refractivity contribution is -0.141. The predicted octanol–water partition coefficient (Wildman–Crippen LogP) is 4.63. The van der Waals surface area contributed by atoms with Gasteiger partial charge >= 0.3 is 0 Å². The zero-order chi connectivity index (χ0) is 19.1. The average Bonchev–Trinajstić information content (AvgIpc) is 3.08. The molecule has 0 spiro atoms. The van der Waals surface area contributed by atoms with Gasteiger partial charge in [0.2, 0.25) is 0 Å². The number of pyridine rings is 1. The van der Waals surface area contributed by atoms with Gasteiger partial charge < -0.3 is 4.57 Å². The fraction of sp³-hybridized carbons (Fsp3) is 0.636. The van der Waals surface area contributed by atoms with Gasteiger partial charge in [0.25, 0.3) is 0 Å². The third kappa shape index (κ3) is 3.19. The number of Topliss-reactive ketones (excluding diaryl/α,β-unsaturated/α-hetero) is 1. The van der Waals surface area contributed by atoms with Crippen LogP contribution in [0.15, 0.2) is 29.7 Å². The highest BCUT2D eigenvalue weighted by molar-refractivity contribution is 7.99. The third-order valence-corrected chi connectivity index (χ3v) is 8.03. The van der Waals surface area contributed by atoms with Crippen LogP contribution < -0.4 is 0 Å². The van der Waals surface area contributed by atoms with Gasteiger partial charge in [-0.15, -0.1) is 10.2 Å². The lowest BCUT2D eigenvalue weighted by Crippen LogP contribution is -2.50. The molecule has 0 atom stereocenters. The summed E-state index contributed by atoms with van der Waals surface area (Å²) in [7, 11) is 0. The summed E-state index contributed by atoms with van der Waals surface area (Å²) in [6.07, 6.45) is 12.1. The van der Waals surface area contributed by atoms with Crippen molar-refractivity contribution in [1.29, 1.82) is 0 Å². The standard InChI is InChI=1S/C22H28N4OS/c1-2-7-26-20(18-3-5-23-6-4-18)24-25-21(26)28-14-19(27)22-11-15-8-16(12-22)10-17(9-15)13-22/h3-6,15-17H,2,7-14H2,1H3. The van der Waals surface area contributed by atoms with Crippen LogP contribution in [0.2, 0.25) is 0 Å². The van der Waals surface area contributed by atoms with Crippen LogP contribution in [-0.4, -0.2) is 31.3 Å². The summed E-state index contributed by atoms with van der Waals surface area (Å²) in [4.78, 5) is 17.4. The predicted molar refractivity (Wildman–Crippen MR) is 110 cm³/mol. The van der Waals surface area contributed by atoms with Gasteiger partial charge in [-0.2, -0.15) is 0 Å². The maximum absolute atomic E-state index is 13.3. The van der Waals surface area contributed by atoms with Crippen LogP contribution in [0.3, 0.4) is 0 Å². The molecule has 0 radical (unpaired) electrons. The molecule has 4 saturated carbocycles. The number of hydrogen-bond donors (Lipinski definition) is 0. The third-order valence-electron chi connectivity index (χ3n) is 7.06. The summed E-state index contributed by atoms with van der Waals surface area (Å²) < 4.78 is 2.16. The van der Waals surface area contributed by atoms with Crippen LogP contribution in [0.25, 0.3) is 11.4 Å². The van der Waals surface area contributed by atoms with E-state index in [0.717, 1.165) is 66.5 Å². The lowest BCUT2D eigenvalue weighted by Gasteiger charge is -2.56. The maximum Gasteiger partial charge on any atom is 0.191 e. The molecule has 28 heavy (non-hydrogen) atoms. The Morgan fingerprint density at radius 3 is 2.36 bits per heavy atom. The molecule has 0 unspecified atom stereocenters. The van der Waals surface area contributed by atoms with E-state index in [1.807, 2.05) is 12.1 Å². The van der Waals surface area contributed by atoms with Crippen molar-refractivity contribution in [2.45, 2.75) is 63.6 Å². The number of carbonyl (C=O) groups is 1. The van der Waals surface area contributed by atoms with E-state index in [9.17, 15) is 4.79 Å². The monoisotopic (exact) mass is 396 g/mol. The molecule has 4 bridgehead atoms. The molecule has 0 N–H and O–H groups in total. The number of rotatable bonds is 7. The fourth-order valence-electron chi connectivity index (χ4n) is 6.27. The number of ketones is 1. The van der Waals surface area contributed by atoms with Crippen molar-refractivity contribution in [3.63, 3.8) is 0 Å². The van der Waals surface area contributed by atoms with Crippen LogP contribution in [0.5, 0.6) is 0 Å². The Labute approximate surface area is 170 Å². The first kappa shape index (κ1) is 18.3. The van der Waals surface area contributed by atoms with E-state index >= 15 is 0 Å². The Morgan fingerprint density at radius 2 is 1.75 bits per heavy atom. The number of aromatic nitrogens is 4. The van der Waals surface area contributed by atoms with E-state index in [1.165, 1.54) is 19.3 Å². The SMILES string of the molecule is CCCn1c(SCC(=O)C23CC4CC(CC(C4)C2)C3)nnc1-c1ccncc1. The molecule has 5 nitrogen and oxygen atoms in total. The summed E-state index contributed by atoms with van der Waals surface area (Å²) in [5.41, 5.74) is 1.00. The topological polar surface area (TPSA) is 60.7 Å². The highest BCUT2D eigenvalue weighted by Crippen LogP contribution is 2.60. The van der Waals surface area contributed by atoms with Gasteiger partial charge in [-0.25, -0.2) is 0 Å². The molecule has 0 aliphatic heterocycles. The minimum absolute atomic E-state index is 0.0225. The quantitative estimate of drug-likeness (QED) is 0.639. The maximum atomic E-state index is 13.3. The molecule has 0 saturated heterocycles. The van der Waals surface area contributed by atoms with E-state index in [-0.39, 0.29) is 5.41 Å². The van der Waals surface area contributed by atoms with E-state index < -0.39 is 0 Å². The van der Waals surface area contributed by atoms with Crippen molar-refractivity contribution in [3.05, 3.63) is 24.5 Å². The second kappa shape index (κ2) is 7.29. The van der Waals surface area contributed by atoms with Crippen LogP contribution in [0.4, 0.5) is 0 Å². The first-order valence-corrected chi connectivity index (χ1v) is 11.6. The van der Waals surface area contributed by atoms with Gasteiger partial charge in [0.1, 0.15) is 5.78 Å². The van der Waals surface area contributed by atoms with Crippen LogP contribution >= 0.6 is 11.8 Å². The Kier molecular flexibility index (Phi) is 4.77. The molecular weight excluding hydrogens is 368 g/mol. The van der Waals surface area contributed by atoms with Crippen molar-refractivity contribution in [2.24, 2.45) is 23.2 Å². The number of carbonyl (C=O) groups excluding carboxylic acids is 1. The van der Waals surface area contributed by atoms with Gasteiger partial charge in [-0.1, -0.05) is 18.7 Å². The van der Waals surface area contributed by atoms with Crippen molar-refractivity contribution < 1.29 is 4.79 Å². The van der Waals surface area contributed by atoms with Crippen LogP contribution in [-0.2, 0) is 11.3 Å². The summed E-state index contributed by atoms with van der Waals surface area (Å²) in [6, 6.07) is 3.93. The van der Waals surface area contributed by atoms with E-state index in [0.29, 0.717) is 11.5 Å². The molecule has 4 aliphatic rings. The number of thioether (sulfide) groups is 1. The first-order valence-electron chi connectivity index (χ1n) is 10.7. The minimum Gasteiger partial charge on any atom is -0.302 e. The van der Waals surface area contributed by atoms with Crippen molar-refractivity contribution in [3.8, 4) is 11.4 Å². The molecule has 4 fully saturated rings. The van der Waals surface area contributed by atoms with Gasteiger partial charge in [0.15, 0.2) is 11.0 Å². The normalized spacial score (nSPS) is 30.7. The second-order valence-corrected chi connectivity index (χ2v) is 10.0. The summed E-state index contributed by atoms with van der Waals surface area (Å²) >= 11 is 1.58. The molecule has 6 rings (SSSR count). The fourth-order valence-corrected chi connectivity index (χ4v) is 7.27. The van der Waals surface area contributed by atoms with Gasteiger partial charge in [-0.05, 0) is 74.8 Å². The summed E-state index contributed by atoms with van der Waals surface area (Å²) in [6.45, 7) is 3.02. The Morgan fingerprint density at radius 1 is 1.11 bits per heavy atom. The second-order valence-electron chi connectivity index (χ2n) is 9.10. The average molecular weight is 397 g/mol. The van der Waals surface area contributed by atoms with Gasteiger partial charge in [0.05, 0.1) is 5.75 Å². The molecule has 4 aliphatic carbocycles. The molecule has 2 aromatic rings. The van der Waals surface area contributed by atoms with E-state index in [4.69, 9.17) is 0 Å². The smallest absolute Gasteiger partial charge is 0.191 e. The molecule has 0 aromatic carbocycles. The lowest BCUT2D eigenvalue weighted by atomic mass is 9.48. The zero-order valence-corrected chi connectivity index (χ0v) is 17.3. The van der Waals surface area contributed by atoms with Gasteiger partial charge in [0, 0.05) is 29.9 Å². The molecule has 0 amide bonds. The molecule has 2 heterocycles.